The van der Waals surface area contributed by atoms with E-state index in [2.05, 4.69) is 5.32 Å². The highest BCUT2D eigenvalue weighted by Gasteiger charge is 2.26. The van der Waals surface area contributed by atoms with Gasteiger partial charge in [0.25, 0.3) is 0 Å². The first-order chi connectivity index (χ1) is 8.19. The Morgan fingerprint density at radius 3 is 2.82 bits per heavy atom. The largest absolute Gasteiger partial charge is 0.497 e. The van der Waals surface area contributed by atoms with E-state index in [0.29, 0.717) is 23.8 Å². The second-order valence-corrected chi connectivity index (χ2v) is 4.58. The first-order valence-electron chi connectivity index (χ1n) is 5.90. The lowest BCUT2D eigenvalue weighted by Crippen LogP contribution is -2.36. The lowest BCUT2D eigenvalue weighted by Gasteiger charge is -2.31. The highest BCUT2D eigenvalue weighted by atomic mass is 19.1. The molecule has 0 radical (unpaired) electrons. The third kappa shape index (κ3) is 3.17. The van der Waals surface area contributed by atoms with Crippen LogP contribution in [-0.2, 0) is 6.54 Å². The van der Waals surface area contributed by atoms with Crippen molar-refractivity contribution in [2.45, 2.75) is 25.5 Å². The number of rotatable bonds is 5. The van der Waals surface area contributed by atoms with Crippen molar-refractivity contribution in [2.24, 2.45) is 5.92 Å². The zero-order valence-corrected chi connectivity index (χ0v) is 9.95. The first kappa shape index (κ1) is 12.3. The van der Waals surface area contributed by atoms with Crippen LogP contribution in [0.1, 0.15) is 18.4 Å². The molecule has 1 aliphatic carbocycles. The zero-order valence-electron chi connectivity index (χ0n) is 9.95. The van der Waals surface area contributed by atoms with Gasteiger partial charge in [-0.25, -0.2) is 4.39 Å². The lowest BCUT2D eigenvalue weighted by molar-refractivity contribution is 0.0429. The fourth-order valence-electron chi connectivity index (χ4n) is 2.08. The van der Waals surface area contributed by atoms with Crippen LogP contribution in [0.2, 0.25) is 0 Å². The molecule has 0 atom stereocenters. The van der Waals surface area contributed by atoms with Crippen molar-refractivity contribution < 1.29 is 14.2 Å². The third-order valence-electron chi connectivity index (χ3n) is 3.22. The average Bonchev–Trinajstić information content (AvgIpc) is 2.28. The Bertz CT molecular complexity index is 378. The number of aliphatic hydroxyl groups is 1. The Labute approximate surface area is 101 Å². The van der Waals surface area contributed by atoms with Crippen molar-refractivity contribution in [3.8, 4) is 5.75 Å². The summed E-state index contributed by atoms with van der Waals surface area (Å²) in [6.45, 7) is 1.35. The van der Waals surface area contributed by atoms with Gasteiger partial charge in [-0.2, -0.15) is 0 Å². The molecule has 1 fully saturated rings. The number of ether oxygens (including phenoxy) is 1. The summed E-state index contributed by atoms with van der Waals surface area (Å²) in [5, 5.41) is 12.3. The summed E-state index contributed by atoms with van der Waals surface area (Å²) < 4.78 is 18.5. The van der Waals surface area contributed by atoms with E-state index in [9.17, 15) is 4.39 Å². The zero-order chi connectivity index (χ0) is 12.3. The molecule has 1 saturated carbocycles. The molecule has 0 unspecified atom stereocenters. The molecule has 17 heavy (non-hydrogen) atoms. The molecule has 1 aromatic rings. The number of nitrogens with one attached hydrogen (secondary N) is 1. The maximum absolute atomic E-state index is 13.6. The molecule has 0 amide bonds. The molecular formula is C13H18FNO2. The van der Waals surface area contributed by atoms with Crippen LogP contribution in [0.3, 0.4) is 0 Å². The van der Waals surface area contributed by atoms with E-state index < -0.39 is 0 Å². The number of halogens is 1. The van der Waals surface area contributed by atoms with Crippen molar-refractivity contribution >= 4 is 0 Å². The van der Waals surface area contributed by atoms with Crippen LogP contribution in [0.5, 0.6) is 5.75 Å². The Balaban J connectivity index is 1.78. The van der Waals surface area contributed by atoms with Gasteiger partial charge in [-0.15, -0.1) is 0 Å². The molecule has 94 valence electrons. The molecule has 0 spiro atoms. The van der Waals surface area contributed by atoms with Gasteiger partial charge in [-0.1, -0.05) is 6.07 Å². The van der Waals surface area contributed by atoms with Crippen LogP contribution in [0.25, 0.3) is 0 Å². The van der Waals surface area contributed by atoms with E-state index in [-0.39, 0.29) is 11.9 Å². The summed E-state index contributed by atoms with van der Waals surface area (Å²) in [6, 6.07) is 4.88. The van der Waals surface area contributed by atoms with Crippen molar-refractivity contribution in [3.05, 3.63) is 29.6 Å². The lowest BCUT2D eigenvalue weighted by atomic mass is 9.82. The standard InChI is InChI=1S/C13H18FNO2/c1-17-12-3-2-10(13(14)6-12)8-15-7-9-4-11(16)5-9/h2-3,6,9,11,15-16H,4-5,7-8H2,1H3. The molecule has 1 aliphatic rings. The van der Waals surface area contributed by atoms with E-state index in [1.165, 1.54) is 13.2 Å². The fourth-order valence-corrected chi connectivity index (χ4v) is 2.08. The highest BCUT2D eigenvalue weighted by Crippen LogP contribution is 2.26. The Morgan fingerprint density at radius 1 is 1.47 bits per heavy atom. The molecule has 0 aromatic heterocycles. The maximum Gasteiger partial charge on any atom is 0.131 e. The first-order valence-corrected chi connectivity index (χ1v) is 5.90. The van der Waals surface area contributed by atoms with Gasteiger partial charge in [-0.05, 0) is 31.4 Å². The number of benzene rings is 1. The molecule has 2 N–H and O–H groups in total. The highest BCUT2D eigenvalue weighted by molar-refractivity contribution is 5.28. The van der Waals surface area contributed by atoms with Gasteiger partial charge in [0.1, 0.15) is 11.6 Å². The van der Waals surface area contributed by atoms with Gasteiger partial charge in [-0.3, -0.25) is 0 Å². The molecule has 3 nitrogen and oxygen atoms in total. The van der Waals surface area contributed by atoms with Crippen molar-refractivity contribution in [1.29, 1.82) is 0 Å². The molecular weight excluding hydrogens is 221 g/mol. The quantitative estimate of drug-likeness (QED) is 0.821. The smallest absolute Gasteiger partial charge is 0.131 e. The summed E-state index contributed by atoms with van der Waals surface area (Å²) in [4.78, 5) is 0. The normalized spacial score (nSPS) is 23.2. The predicted molar refractivity (Wildman–Crippen MR) is 63.4 cm³/mol. The fraction of sp³-hybridized carbons (Fsp3) is 0.538. The number of hydrogen-bond donors (Lipinski definition) is 2. The number of aliphatic hydroxyl groups excluding tert-OH is 1. The monoisotopic (exact) mass is 239 g/mol. The topological polar surface area (TPSA) is 41.5 Å². The SMILES string of the molecule is COc1ccc(CNCC2CC(O)C2)c(F)c1. The minimum Gasteiger partial charge on any atom is -0.497 e. The van der Waals surface area contributed by atoms with Gasteiger partial charge in [0.05, 0.1) is 13.2 Å². The van der Waals surface area contributed by atoms with Crippen LogP contribution in [0, 0.1) is 11.7 Å². The second kappa shape index (κ2) is 5.47. The van der Waals surface area contributed by atoms with E-state index in [1.807, 2.05) is 0 Å². The molecule has 0 aliphatic heterocycles. The summed E-state index contributed by atoms with van der Waals surface area (Å²) in [5.74, 6) is 0.824. The molecule has 2 rings (SSSR count). The Morgan fingerprint density at radius 2 is 2.24 bits per heavy atom. The van der Waals surface area contributed by atoms with Crippen molar-refractivity contribution in [2.75, 3.05) is 13.7 Å². The van der Waals surface area contributed by atoms with Gasteiger partial charge in [0.2, 0.25) is 0 Å². The van der Waals surface area contributed by atoms with Crippen LogP contribution in [0.4, 0.5) is 4.39 Å². The number of hydrogen-bond acceptors (Lipinski definition) is 3. The third-order valence-corrected chi connectivity index (χ3v) is 3.22. The average molecular weight is 239 g/mol. The van der Waals surface area contributed by atoms with Crippen LogP contribution in [0.15, 0.2) is 18.2 Å². The Kier molecular flexibility index (Phi) is 3.97. The summed E-state index contributed by atoms with van der Waals surface area (Å²) in [5.41, 5.74) is 0.644. The Hall–Kier alpha value is -1.13. The number of methoxy groups -OCH3 is 1. The molecule has 1 aromatic carbocycles. The predicted octanol–water partition coefficient (Wildman–Crippen LogP) is 1.69. The summed E-state index contributed by atoms with van der Waals surface area (Å²) in [6.07, 6.45) is 1.59. The molecule has 4 heteroatoms. The van der Waals surface area contributed by atoms with Crippen molar-refractivity contribution in [3.63, 3.8) is 0 Å². The van der Waals surface area contributed by atoms with Gasteiger partial charge in [0, 0.05) is 18.2 Å². The van der Waals surface area contributed by atoms with E-state index >= 15 is 0 Å². The second-order valence-electron chi connectivity index (χ2n) is 4.58. The van der Waals surface area contributed by atoms with Crippen molar-refractivity contribution in [1.82, 2.24) is 5.32 Å². The molecule has 0 bridgehead atoms. The van der Waals surface area contributed by atoms with Crippen LogP contribution >= 0.6 is 0 Å². The van der Waals surface area contributed by atoms with E-state index in [4.69, 9.17) is 9.84 Å². The maximum atomic E-state index is 13.6. The van der Waals surface area contributed by atoms with E-state index in [1.54, 1.807) is 12.1 Å². The molecule has 0 saturated heterocycles. The van der Waals surface area contributed by atoms with Crippen LogP contribution < -0.4 is 10.1 Å². The van der Waals surface area contributed by atoms with Crippen LogP contribution in [-0.4, -0.2) is 24.9 Å². The summed E-state index contributed by atoms with van der Waals surface area (Å²) in [7, 11) is 1.52. The van der Waals surface area contributed by atoms with Gasteiger partial charge in [0.15, 0.2) is 0 Å². The minimum atomic E-state index is -0.245. The molecule has 0 heterocycles. The van der Waals surface area contributed by atoms with Gasteiger partial charge < -0.3 is 15.2 Å². The van der Waals surface area contributed by atoms with Gasteiger partial charge >= 0.3 is 0 Å². The van der Waals surface area contributed by atoms with E-state index in [0.717, 1.165) is 19.4 Å². The summed E-state index contributed by atoms with van der Waals surface area (Å²) >= 11 is 0. The minimum absolute atomic E-state index is 0.125.